The fraction of sp³-hybridized carbons (Fsp3) is 0.444. The minimum Gasteiger partial charge on any atom is -0.492 e. The second kappa shape index (κ2) is 13.2. The number of ether oxygens (including phenoxy) is 2. The third-order valence-corrected chi connectivity index (χ3v) is 7.05. The number of amides is 1. The second-order valence-electron chi connectivity index (χ2n) is 8.65. The average molecular weight is 510 g/mol. The highest BCUT2D eigenvalue weighted by Gasteiger charge is 2.24. The lowest BCUT2D eigenvalue weighted by Gasteiger charge is -2.37. The second-order valence-corrected chi connectivity index (χ2v) is 9.38. The van der Waals surface area contributed by atoms with Gasteiger partial charge in [0.1, 0.15) is 11.6 Å². The van der Waals surface area contributed by atoms with Gasteiger partial charge in [-0.05, 0) is 24.6 Å². The van der Waals surface area contributed by atoms with Crippen molar-refractivity contribution in [2.45, 2.75) is 19.8 Å². The number of hydrogen-bond donors (Lipinski definition) is 0. The molecular formula is C27H35N5O3S. The van der Waals surface area contributed by atoms with E-state index in [1.807, 2.05) is 48.2 Å². The normalized spacial score (nSPS) is 13.6. The topological polar surface area (TPSA) is 71.0 Å². The molecule has 2 heterocycles. The molecular weight excluding hydrogens is 474 g/mol. The van der Waals surface area contributed by atoms with Crippen LogP contribution in [0, 0.1) is 0 Å². The zero-order chi connectivity index (χ0) is 25.2. The van der Waals surface area contributed by atoms with Gasteiger partial charge in [0.05, 0.1) is 18.9 Å². The molecule has 2 aromatic carbocycles. The number of benzene rings is 2. The largest absolute Gasteiger partial charge is 0.492 e. The van der Waals surface area contributed by atoms with Gasteiger partial charge in [0.15, 0.2) is 0 Å². The Hall–Kier alpha value is -3.17. The lowest BCUT2D eigenvalue weighted by molar-refractivity contribution is -0.131. The Balaban J connectivity index is 1.31. The number of aromatic nitrogens is 2. The van der Waals surface area contributed by atoms with E-state index in [1.54, 1.807) is 7.11 Å². The number of carbonyl (C=O) groups is 1. The zero-order valence-corrected chi connectivity index (χ0v) is 22.0. The van der Waals surface area contributed by atoms with Crippen molar-refractivity contribution in [3.05, 3.63) is 66.0 Å². The molecule has 0 aliphatic carbocycles. The molecule has 0 bridgehead atoms. The number of anilines is 2. The van der Waals surface area contributed by atoms with Crippen LogP contribution >= 0.6 is 11.5 Å². The summed E-state index contributed by atoms with van der Waals surface area (Å²) in [5.41, 5.74) is 2.28. The van der Waals surface area contributed by atoms with Gasteiger partial charge >= 0.3 is 0 Å². The highest BCUT2D eigenvalue weighted by Crippen LogP contribution is 2.29. The predicted molar refractivity (Wildman–Crippen MR) is 144 cm³/mol. The highest BCUT2D eigenvalue weighted by atomic mass is 32.1. The molecule has 1 aromatic heterocycles. The van der Waals surface area contributed by atoms with Gasteiger partial charge in [-0.2, -0.15) is 4.37 Å². The van der Waals surface area contributed by atoms with E-state index in [1.165, 1.54) is 17.1 Å². The molecule has 0 unspecified atom stereocenters. The maximum absolute atomic E-state index is 13.1. The van der Waals surface area contributed by atoms with Gasteiger partial charge in [0.2, 0.25) is 11.0 Å². The number of piperazine rings is 1. The molecule has 36 heavy (non-hydrogen) atoms. The average Bonchev–Trinajstić information content (AvgIpc) is 3.38. The molecule has 1 aliphatic heterocycles. The Bertz CT molecular complexity index is 1090. The maximum Gasteiger partial charge on any atom is 0.224 e. The molecule has 8 nitrogen and oxygen atoms in total. The fourth-order valence-corrected chi connectivity index (χ4v) is 5.05. The summed E-state index contributed by atoms with van der Waals surface area (Å²) in [5, 5.41) is 0.836. The number of methoxy groups -OCH3 is 1. The molecule has 4 rings (SSSR count). The van der Waals surface area contributed by atoms with Crippen LogP contribution in [0.4, 0.5) is 10.8 Å². The Labute approximate surface area is 217 Å². The van der Waals surface area contributed by atoms with Crippen LogP contribution in [0.5, 0.6) is 5.75 Å². The van der Waals surface area contributed by atoms with Crippen molar-refractivity contribution in [2.75, 3.05) is 69.4 Å². The first-order valence-corrected chi connectivity index (χ1v) is 13.3. The van der Waals surface area contributed by atoms with E-state index < -0.39 is 0 Å². The van der Waals surface area contributed by atoms with E-state index in [-0.39, 0.29) is 5.91 Å². The first-order chi connectivity index (χ1) is 17.7. The maximum atomic E-state index is 13.1. The minimum absolute atomic E-state index is 0.171. The van der Waals surface area contributed by atoms with Crippen molar-refractivity contribution in [2.24, 2.45) is 0 Å². The van der Waals surface area contributed by atoms with Crippen molar-refractivity contribution in [3.63, 3.8) is 0 Å². The summed E-state index contributed by atoms with van der Waals surface area (Å²) in [4.78, 5) is 24.2. The lowest BCUT2D eigenvalue weighted by Crippen LogP contribution is -2.49. The van der Waals surface area contributed by atoms with Gasteiger partial charge in [0, 0.05) is 70.8 Å². The fourth-order valence-electron chi connectivity index (χ4n) is 4.31. The van der Waals surface area contributed by atoms with Gasteiger partial charge in [-0.15, -0.1) is 0 Å². The Morgan fingerprint density at radius 3 is 2.53 bits per heavy atom. The Morgan fingerprint density at radius 1 is 1.03 bits per heavy atom. The van der Waals surface area contributed by atoms with Crippen molar-refractivity contribution in [1.29, 1.82) is 0 Å². The summed E-state index contributed by atoms with van der Waals surface area (Å²) in [5.74, 6) is 1.87. The number of hydrogen-bond acceptors (Lipinski definition) is 8. The van der Waals surface area contributed by atoms with Crippen LogP contribution in [-0.2, 0) is 16.0 Å². The van der Waals surface area contributed by atoms with Crippen molar-refractivity contribution in [3.8, 4) is 5.75 Å². The van der Waals surface area contributed by atoms with Crippen LogP contribution in [0.15, 0.2) is 54.6 Å². The molecule has 0 atom stereocenters. The monoisotopic (exact) mass is 509 g/mol. The summed E-state index contributed by atoms with van der Waals surface area (Å²) in [6.45, 7) is 7.47. The smallest absolute Gasteiger partial charge is 0.224 e. The van der Waals surface area contributed by atoms with Crippen LogP contribution in [0.1, 0.15) is 24.7 Å². The molecule has 192 valence electrons. The summed E-state index contributed by atoms with van der Waals surface area (Å²) in [6, 6.07) is 18.3. The molecule has 9 heteroatoms. The number of rotatable bonds is 12. The first-order valence-electron chi connectivity index (χ1n) is 12.5. The SMILES string of the molecule is CCOc1ccccc1N1CCN(C(=O)CCN(CCOC)c2nc(Cc3ccccc3)ns2)CC1. The van der Waals surface area contributed by atoms with E-state index in [0.29, 0.717) is 52.2 Å². The summed E-state index contributed by atoms with van der Waals surface area (Å²) < 4.78 is 15.6. The molecule has 0 saturated carbocycles. The van der Waals surface area contributed by atoms with Gasteiger partial charge in [0.25, 0.3) is 0 Å². The van der Waals surface area contributed by atoms with E-state index in [0.717, 1.165) is 35.5 Å². The molecule has 1 saturated heterocycles. The van der Waals surface area contributed by atoms with E-state index in [9.17, 15) is 4.79 Å². The molecule has 1 amide bonds. The lowest BCUT2D eigenvalue weighted by atomic mass is 10.1. The van der Waals surface area contributed by atoms with Gasteiger partial charge < -0.3 is 24.2 Å². The molecule has 3 aromatic rings. The van der Waals surface area contributed by atoms with Crippen LogP contribution < -0.4 is 14.5 Å². The van der Waals surface area contributed by atoms with E-state index in [2.05, 4.69) is 32.4 Å². The van der Waals surface area contributed by atoms with Gasteiger partial charge in [-0.25, -0.2) is 4.98 Å². The summed E-state index contributed by atoms with van der Waals surface area (Å²) in [7, 11) is 1.69. The number of carbonyl (C=O) groups excluding carboxylic acids is 1. The van der Waals surface area contributed by atoms with Crippen LogP contribution in [0.25, 0.3) is 0 Å². The van der Waals surface area contributed by atoms with Gasteiger partial charge in [-0.1, -0.05) is 42.5 Å². The molecule has 1 fully saturated rings. The number of para-hydroxylation sites is 2. The molecule has 0 N–H and O–H groups in total. The quantitative estimate of drug-likeness (QED) is 0.369. The van der Waals surface area contributed by atoms with E-state index in [4.69, 9.17) is 14.5 Å². The number of nitrogens with zero attached hydrogens (tertiary/aromatic N) is 5. The predicted octanol–water partition coefficient (Wildman–Crippen LogP) is 3.72. The third kappa shape index (κ3) is 6.95. The van der Waals surface area contributed by atoms with Crippen molar-refractivity contribution >= 4 is 28.3 Å². The van der Waals surface area contributed by atoms with Crippen molar-refractivity contribution < 1.29 is 14.3 Å². The summed E-state index contributed by atoms with van der Waals surface area (Å²) in [6.07, 6.45) is 1.14. The van der Waals surface area contributed by atoms with Crippen LogP contribution in [0.2, 0.25) is 0 Å². The standard InChI is InChI=1S/C27H35N5O3S/c1-3-35-24-12-8-7-11-23(24)30-15-17-31(18-16-30)26(33)13-14-32(19-20-34-2)27-28-25(29-36-27)21-22-9-5-4-6-10-22/h4-12H,3,13-21H2,1-2H3. The summed E-state index contributed by atoms with van der Waals surface area (Å²) >= 11 is 1.38. The molecule has 0 spiro atoms. The zero-order valence-electron chi connectivity index (χ0n) is 21.1. The third-order valence-electron chi connectivity index (χ3n) is 6.23. The molecule has 0 radical (unpaired) electrons. The molecule has 1 aliphatic rings. The van der Waals surface area contributed by atoms with Gasteiger partial charge in [-0.3, -0.25) is 4.79 Å². The highest BCUT2D eigenvalue weighted by molar-refractivity contribution is 7.09. The van der Waals surface area contributed by atoms with Crippen LogP contribution in [-0.4, -0.2) is 79.8 Å². The first kappa shape index (κ1) is 25.9. The minimum atomic E-state index is 0.171. The Kier molecular flexibility index (Phi) is 9.52. The van der Waals surface area contributed by atoms with E-state index >= 15 is 0 Å². The van der Waals surface area contributed by atoms with Crippen LogP contribution in [0.3, 0.4) is 0 Å². The Morgan fingerprint density at radius 2 is 1.78 bits per heavy atom. The van der Waals surface area contributed by atoms with Crippen molar-refractivity contribution in [1.82, 2.24) is 14.3 Å².